The zero-order valence-electron chi connectivity index (χ0n) is 14.2. The minimum Gasteiger partial charge on any atom is -0.338 e. The molecule has 1 amide bonds. The molecule has 1 aliphatic rings. The first-order chi connectivity index (χ1) is 12.6. The zero-order valence-corrected chi connectivity index (χ0v) is 15.0. The van der Waals surface area contributed by atoms with E-state index in [9.17, 15) is 14.4 Å². The molecule has 4 heterocycles. The number of likely N-dealkylation sites (tertiary alicyclic amines) is 1. The van der Waals surface area contributed by atoms with Gasteiger partial charge in [0.25, 0.3) is 11.5 Å². The molecule has 3 aromatic rings. The number of carbonyl (C=O) groups is 1. The highest BCUT2D eigenvalue weighted by Crippen LogP contribution is 2.25. The Bertz CT molecular complexity index is 1080. The Balaban J connectivity index is 1.62. The van der Waals surface area contributed by atoms with E-state index < -0.39 is 0 Å². The number of fused-ring (bicyclic) bond motifs is 1. The molecule has 1 fully saturated rings. The second kappa shape index (κ2) is 6.52. The molecule has 0 aliphatic carbocycles. The maximum absolute atomic E-state index is 12.9. The molecule has 26 heavy (non-hydrogen) atoms. The van der Waals surface area contributed by atoms with Crippen LogP contribution in [0.25, 0.3) is 4.96 Å². The molecule has 0 spiro atoms. The highest BCUT2D eigenvalue weighted by atomic mass is 32.1. The number of amides is 1. The molecule has 10 heteroatoms. The van der Waals surface area contributed by atoms with Crippen LogP contribution in [0, 0.1) is 0 Å². The molecule has 1 N–H and O–H groups in total. The highest BCUT2D eigenvalue weighted by molar-refractivity contribution is 7.15. The molecule has 1 atom stereocenters. The summed E-state index contributed by atoms with van der Waals surface area (Å²) in [6.45, 7) is 3.40. The summed E-state index contributed by atoms with van der Waals surface area (Å²) in [5.41, 5.74) is -0.527. The third-order valence-electron chi connectivity index (χ3n) is 4.75. The van der Waals surface area contributed by atoms with Crippen LogP contribution in [-0.4, -0.2) is 48.0 Å². The Labute approximate surface area is 151 Å². The average molecular weight is 374 g/mol. The van der Waals surface area contributed by atoms with Crippen LogP contribution in [0.1, 0.15) is 41.9 Å². The number of rotatable bonds is 3. The van der Waals surface area contributed by atoms with Crippen LogP contribution in [-0.2, 0) is 6.54 Å². The van der Waals surface area contributed by atoms with Crippen molar-refractivity contribution in [2.45, 2.75) is 32.2 Å². The summed E-state index contributed by atoms with van der Waals surface area (Å²) in [5.74, 6) is 0.305. The number of nitrogens with one attached hydrogen (secondary N) is 1. The van der Waals surface area contributed by atoms with E-state index in [0.29, 0.717) is 30.4 Å². The molecule has 4 rings (SSSR count). The van der Waals surface area contributed by atoms with Crippen LogP contribution in [0.2, 0.25) is 0 Å². The summed E-state index contributed by atoms with van der Waals surface area (Å²) in [4.78, 5) is 43.7. The van der Waals surface area contributed by atoms with Crippen molar-refractivity contribution in [1.82, 2.24) is 29.0 Å². The standard InChI is InChI=1S/C16H18N6O3S/c1-2-21-12(18-19-15(21)25)10-4-3-5-20(9-10)13(23)11-8-17-16-22(14(11)24)6-7-26-16/h6-8,10H,2-5,9H2,1H3,(H,19,25). The number of thiazole rings is 1. The quantitative estimate of drug-likeness (QED) is 0.726. The van der Waals surface area contributed by atoms with E-state index in [1.54, 1.807) is 21.0 Å². The number of piperidine rings is 1. The Morgan fingerprint density at radius 1 is 1.42 bits per heavy atom. The van der Waals surface area contributed by atoms with Gasteiger partial charge in [-0.1, -0.05) is 0 Å². The second-order valence-corrected chi connectivity index (χ2v) is 7.13. The molecular formula is C16H18N6O3S. The lowest BCUT2D eigenvalue weighted by atomic mass is 9.96. The first-order valence-corrected chi connectivity index (χ1v) is 9.37. The van der Waals surface area contributed by atoms with Crippen LogP contribution in [0.3, 0.4) is 0 Å². The van der Waals surface area contributed by atoms with Crippen LogP contribution in [0.15, 0.2) is 27.4 Å². The first kappa shape index (κ1) is 16.7. The van der Waals surface area contributed by atoms with Gasteiger partial charge in [-0.3, -0.25) is 18.6 Å². The molecule has 0 bridgehead atoms. The van der Waals surface area contributed by atoms with Gasteiger partial charge in [0.1, 0.15) is 11.4 Å². The van der Waals surface area contributed by atoms with Gasteiger partial charge in [0.05, 0.1) is 0 Å². The lowest BCUT2D eigenvalue weighted by Gasteiger charge is -2.32. The van der Waals surface area contributed by atoms with Crippen molar-refractivity contribution < 1.29 is 4.79 Å². The van der Waals surface area contributed by atoms with Gasteiger partial charge in [-0.15, -0.1) is 11.3 Å². The molecule has 136 valence electrons. The summed E-state index contributed by atoms with van der Waals surface area (Å²) >= 11 is 1.34. The number of carbonyl (C=O) groups excluding carboxylic acids is 1. The fraction of sp³-hybridized carbons (Fsp3) is 0.438. The second-order valence-electron chi connectivity index (χ2n) is 6.25. The summed E-state index contributed by atoms with van der Waals surface area (Å²) in [6, 6.07) is 0. The average Bonchev–Trinajstić information content (AvgIpc) is 3.28. The van der Waals surface area contributed by atoms with Crippen molar-refractivity contribution in [3.05, 3.63) is 50.0 Å². The molecule has 3 aromatic heterocycles. The maximum Gasteiger partial charge on any atom is 0.343 e. The Morgan fingerprint density at radius 3 is 3.08 bits per heavy atom. The normalized spacial score (nSPS) is 17.7. The van der Waals surface area contributed by atoms with Gasteiger partial charge in [-0.2, -0.15) is 5.10 Å². The minimum absolute atomic E-state index is 0.0350. The van der Waals surface area contributed by atoms with E-state index in [4.69, 9.17) is 0 Å². The van der Waals surface area contributed by atoms with Crippen molar-refractivity contribution in [2.24, 2.45) is 0 Å². The fourth-order valence-electron chi connectivity index (χ4n) is 3.46. The van der Waals surface area contributed by atoms with E-state index in [2.05, 4.69) is 15.2 Å². The van der Waals surface area contributed by atoms with Crippen molar-refractivity contribution in [1.29, 1.82) is 0 Å². The summed E-state index contributed by atoms with van der Waals surface area (Å²) in [6.07, 6.45) is 4.61. The molecule has 9 nitrogen and oxygen atoms in total. The van der Waals surface area contributed by atoms with E-state index in [1.165, 1.54) is 21.9 Å². The highest BCUT2D eigenvalue weighted by Gasteiger charge is 2.30. The van der Waals surface area contributed by atoms with Gasteiger partial charge < -0.3 is 4.90 Å². The third kappa shape index (κ3) is 2.66. The summed E-state index contributed by atoms with van der Waals surface area (Å²) in [5, 5.41) is 8.38. The molecule has 1 unspecified atom stereocenters. The number of hydrogen-bond donors (Lipinski definition) is 1. The van der Waals surface area contributed by atoms with Gasteiger partial charge in [0, 0.05) is 43.3 Å². The first-order valence-electron chi connectivity index (χ1n) is 8.49. The van der Waals surface area contributed by atoms with E-state index >= 15 is 0 Å². The van der Waals surface area contributed by atoms with E-state index in [-0.39, 0.29) is 28.6 Å². The smallest absolute Gasteiger partial charge is 0.338 e. The topological polar surface area (TPSA) is 105 Å². The van der Waals surface area contributed by atoms with Gasteiger partial charge in [-0.25, -0.2) is 14.9 Å². The van der Waals surface area contributed by atoms with Gasteiger partial charge in [-0.05, 0) is 19.8 Å². The monoisotopic (exact) mass is 374 g/mol. The van der Waals surface area contributed by atoms with Crippen molar-refractivity contribution >= 4 is 22.2 Å². The van der Waals surface area contributed by atoms with E-state index in [1.807, 2.05) is 6.92 Å². The van der Waals surface area contributed by atoms with Gasteiger partial charge >= 0.3 is 5.69 Å². The number of aromatic nitrogens is 5. The van der Waals surface area contributed by atoms with Crippen LogP contribution < -0.4 is 11.2 Å². The number of aromatic amines is 1. The molecule has 0 aromatic carbocycles. The summed E-state index contributed by atoms with van der Waals surface area (Å²) in [7, 11) is 0. The van der Waals surface area contributed by atoms with Gasteiger partial charge in [0.15, 0.2) is 4.96 Å². The lowest BCUT2D eigenvalue weighted by Crippen LogP contribution is -2.42. The number of hydrogen-bond acceptors (Lipinski definition) is 6. The van der Waals surface area contributed by atoms with E-state index in [0.717, 1.165) is 12.8 Å². The third-order valence-corrected chi connectivity index (χ3v) is 5.52. The summed E-state index contributed by atoms with van der Waals surface area (Å²) < 4.78 is 2.98. The Kier molecular flexibility index (Phi) is 4.19. The predicted molar refractivity (Wildman–Crippen MR) is 95.7 cm³/mol. The molecule has 0 saturated carbocycles. The number of nitrogens with zero attached hydrogens (tertiary/aromatic N) is 5. The molecule has 0 radical (unpaired) electrons. The minimum atomic E-state index is -0.353. The van der Waals surface area contributed by atoms with Crippen LogP contribution in [0.4, 0.5) is 0 Å². The molecule has 1 saturated heterocycles. The van der Waals surface area contributed by atoms with Crippen molar-refractivity contribution in [2.75, 3.05) is 13.1 Å². The maximum atomic E-state index is 12.9. The fourth-order valence-corrected chi connectivity index (χ4v) is 4.14. The molecular weight excluding hydrogens is 356 g/mol. The van der Waals surface area contributed by atoms with Gasteiger partial charge in [0.2, 0.25) is 0 Å². The van der Waals surface area contributed by atoms with Crippen molar-refractivity contribution in [3.8, 4) is 0 Å². The SMILES string of the molecule is CCn1c(C2CCCN(C(=O)c3cnc4sccn4c3=O)C2)n[nH]c1=O. The van der Waals surface area contributed by atoms with Crippen LogP contribution in [0.5, 0.6) is 0 Å². The largest absolute Gasteiger partial charge is 0.343 e. The Morgan fingerprint density at radius 2 is 2.27 bits per heavy atom. The lowest BCUT2D eigenvalue weighted by molar-refractivity contribution is 0.0700. The van der Waals surface area contributed by atoms with Crippen LogP contribution >= 0.6 is 11.3 Å². The Hall–Kier alpha value is -2.75. The number of H-pyrrole nitrogens is 1. The van der Waals surface area contributed by atoms with Crippen molar-refractivity contribution in [3.63, 3.8) is 0 Å². The molecule has 1 aliphatic heterocycles. The predicted octanol–water partition coefficient (Wildman–Crippen LogP) is 0.680. The zero-order chi connectivity index (χ0) is 18.3.